The smallest absolute Gasteiger partial charge is 0.330 e. The third-order valence-electron chi connectivity index (χ3n) is 5.75. The second-order valence-corrected chi connectivity index (χ2v) is 14.7. The number of nitrogens with two attached hydrogens (primary N) is 2. The lowest BCUT2D eigenvalue weighted by Crippen LogP contribution is -2.18. The number of ether oxygens (including phenoxy) is 2. The molecule has 0 aromatic heterocycles. The van der Waals surface area contributed by atoms with Gasteiger partial charge in [0, 0.05) is 39.4 Å². The molecule has 0 radical (unpaired) electrons. The molecule has 0 fully saturated rings. The zero-order chi connectivity index (χ0) is 43.8. The first-order valence-electron chi connectivity index (χ1n) is 19.1. The van der Waals surface area contributed by atoms with E-state index in [2.05, 4.69) is 32.4 Å². The lowest BCUT2D eigenvalue weighted by molar-refractivity contribution is -0.143. The van der Waals surface area contributed by atoms with Gasteiger partial charge < -0.3 is 30.9 Å². The number of allylic oxidation sites excluding steroid dienone is 3. The third-order valence-corrected chi connectivity index (χ3v) is 5.75. The summed E-state index contributed by atoms with van der Waals surface area (Å²) in [5, 5.41) is 8.16. The van der Waals surface area contributed by atoms with Crippen molar-refractivity contribution < 1.29 is 43.3 Å². The molecule has 54 heavy (non-hydrogen) atoms. The first kappa shape index (κ1) is 62.0. The number of esters is 2. The van der Waals surface area contributed by atoms with Gasteiger partial charge in [-0.25, -0.2) is 4.79 Å². The van der Waals surface area contributed by atoms with Crippen LogP contribution in [0.2, 0.25) is 0 Å². The summed E-state index contributed by atoms with van der Waals surface area (Å²) in [5.41, 5.74) is 9.72. The molecular weight excluding hydrogens is 690 g/mol. The molecule has 318 valence electrons. The Morgan fingerprint density at radius 1 is 0.574 bits per heavy atom. The maximum Gasteiger partial charge on any atom is 0.330 e. The number of primary amides is 2. The van der Waals surface area contributed by atoms with E-state index in [1.807, 2.05) is 74.5 Å². The van der Waals surface area contributed by atoms with E-state index in [0.717, 1.165) is 19.3 Å². The van der Waals surface area contributed by atoms with E-state index in [1.165, 1.54) is 12.2 Å². The number of aliphatic carboxylic acids is 1. The Morgan fingerprint density at radius 3 is 1.20 bits per heavy atom. The van der Waals surface area contributed by atoms with E-state index in [0.29, 0.717) is 68.0 Å². The van der Waals surface area contributed by atoms with Gasteiger partial charge in [0.25, 0.3) is 0 Å². The van der Waals surface area contributed by atoms with Crippen molar-refractivity contribution in [1.82, 2.24) is 4.90 Å². The number of hydrogen-bond acceptors (Lipinski definition) is 8. The normalized spacial score (nSPS) is 10.4. The summed E-state index contributed by atoms with van der Waals surface area (Å²) in [6.07, 6.45) is 13.9. The minimum Gasteiger partial charge on any atom is -0.481 e. The molecule has 0 saturated carbocycles. The standard InChI is InChI=1S/C8H15NO.C8H16O2.C8H14O2.C6H13NO.C6H11NO.C6H12O2/c1-7(2)5-6-8(10)9(3)4;2*1-4-10-8(9)6-5-7(2)3;3*1-5(2)3-4-6(7)8/h5-7H,1-4H3;7H,4-6H2,1-3H3;5-7H,4H2,1-3H3;5H,3-4H2,1-2H3,(H2,7,8);3-5H,1-2H3,(H2,7,8);5H,3-4H2,1-2H3,(H,7,8)/b6-5+;;6-5+;;4-3+;. The van der Waals surface area contributed by atoms with Crippen LogP contribution in [-0.2, 0) is 38.2 Å². The number of rotatable bonds is 17. The summed E-state index contributed by atoms with van der Waals surface area (Å²) in [4.78, 5) is 63.9. The summed E-state index contributed by atoms with van der Waals surface area (Å²) in [6.45, 7) is 29.0. The molecule has 3 amide bonds. The van der Waals surface area contributed by atoms with Crippen LogP contribution in [0.15, 0.2) is 36.5 Å². The molecule has 0 atom stereocenters. The fourth-order valence-electron chi connectivity index (χ4n) is 2.66. The molecule has 0 saturated heterocycles. The molecular formula is C42H81N3O9. The van der Waals surface area contributed by atoms with E-state index >= 15 is 0 Å². The van der Waals surface area contributed by atoms with Crippen molar-refractivity contribution in [2.75, 3.05) is 27.3 Å². The highest BCUT2D eigenvalue weighted by Crippen LogP contribution is 2.04. The molecule has 0 aromatic carbocycles. The lowest BCUT2D eigenvalue weighted by Gasteiger charge is -2.05. The predicted molar refractivity (Wildman–Crippen MR) is 222 cm³/mol. The minimum atomic E-state index is -0.696. The molecule has 0 rings (SSSR count). The van der Waals surface area contributed by atoms with Crippen LogP contribution in [0.1, 0.15) is 135 Å². The van der Waals surface area contributed by atoms with E-state index < -0.39 is 5.97 Å². The Morgan fingerprint density at radius 2 is 0.944 bits per heavy atom. The van der Waals surface area contributed by atoms with Crippen LogP contribution < -0.4 is 11.5 Å². The van der Waals surface area contributed by atoms with Gasteiger partial charge in [0.2, 0.25) is 17.7 Å². The van der Waals surface area contributed by atoms with E-state index in [9.17, 15) is 28.8 Å². The summed E-state index contributed by atoms with van der Waals surface area (Å²) >= 11 is 0. The van der Waals surface area contributed by atoms with Gasteiger partial charge in [-0.15, -0.1) is 0 Å². The number of carbonyl (C=O) groups is 6. The number of carboxylic acid groups (broad SMARTS) is 1. The average Bonchev–Trinajstić information content (AvgIpc) is 3.04. The van der Waals surface area contributed by atoms with E-state index in [1.54, 1.807) is 38.1 Å². The highest BCUT2D eigenvalue weighted by Gasteiger charge is 2.02. The lowest BCUT2D eigenvalue weighted by atomic mass is 10.1. The summed E-state index contributed by atoms with van der Waals surface area (Å²) < 4.78 is 9.42. The van der Waals surface area contributed by atoms with Crippen molar-refractivity contribution in [1.29, 1.82) is 0 Å². The number of nitrogens with zero attached hydrogens (tertiary/aromatic N) is 1. The average molecular weight is 772 g/mol. The second kappa shape index (κ2) is 43.4. The highest BCUT2D eigenvalue weighted by molar-refractivity contribution is 5.87. The number of amides is 3. The van der Waals surface area contributed by atoms with Gasteiger partial charge in [0.05, 0.1) is 13.2 Å². The summed E-state index contributed by atoms with van der Waals surface area (Å²) in [5.74, 6) is 1.39. The van der Waals surface area contributed by atoms with Crippen LogP contribution in [0.25, 0.3) is 0 Å². The summed E-state index contributed by atoms with van der Waals surface area (Å²) in [6, 6.07) is 0. The van der Waals surface area contributed by atoms with Crippen LogP contribution >= 0.6 is 0 Å². The van der Waals surface area contributed by atoms with Gasteiger partial charge in [-0.05, 0) is 80.8 Å². The molecule has 12 heteroatoms. The van der Waals surface area contributed by atoms with Gasteiger partial charge in [0.15, 0.2) is 0 Å². The van der Waals surface area contributed by atoms with Crippen LogP contribution in [0.4, 0.5) is 0 Å². The van der Waals surface area contributed by atoms with Crippen molar-refractivity contribution in [2.45, 2.75) is 135 Å². The molecule has 0 spiro atoms. The zero-order valence-corrected chi connectivity index (χ0v) is 36.9. The quantitative estimate of drug-likeness (QED) is 0.0966. The third kappa shape index (κ3) is 81.8. The van der Waals surface area contributed by atoms with Crippen molar-refractivity contribution in [2.24, 2.45) is 47.0 Å². The van der Waals surface area contributed by atoms with Crippen molar-refractivity contribution in [3.05, 3.63) is 36.5 Å². The van der Waals surface area contributed by atoms with Crippen LogP contribution in [0.3, 0.4) is 0 Å². The van der Waals surface area contributed by atoms with Gasteiger partial charge in [0.1, 0.15) is 0 Å². The highest BCUT2D eigenvalue weighted by atomic mass is 16.5. The maximum atomic E-state index is 10.9. The number of carboxylic acids is 1. The van der Waals surface area contributed by atoms with Gasteiger partial charge >= 0.3 is 17.9 Å². The number of likely N-dealkylation sites (N-methyl/N-ethyl adjacent to an activating group) is 1. The first-order valence-corrected chi connectivity index (χ1v) is 19.1. The SMILES string of the molecule is CC(C)/C=C/C(=O)N(C)C.CC(C)/C=C/C(N)=O.CC(C)CCC(=O)O.CC(C)CCC(N)=O.CCOC(=O)/C=C/C(C)C.CCOC(=O)CCC(C)C. The summed E-state index contributed by atoms with van der Waals surface area (Å²) in [7, 11) is 3.49. The Kier molecular flexibility index (Phi) is 49.9. The fraction of sp³-hybridized carbons (Fsp3) is 0.714. The van der Waals surface area contributed by atoms with Crippen LogP contribution in [-0.4, -0.2) is 72.9 Å². The monoisotopic (exact) mass is 772 g/mol. The zero-order valence-electron chi connectivity index (χ0n) is 36.9. The predicted octanol–water partition coefficient (Wildman–Crippen LogP) is 8.13. The molecule has 5 N–H and O–H groups in total. The number of carbonyl (C=O) groups excluding carboxylic acids is 5. The topological polar surface area (TPSA) is 196 Å². The van der Waals surface area contributed by atoms with E-state index in [-0.39, 0.29) is 29.7 Å². The molecule has 12 nitrogen and oxygen atoms in total. The van der Waals surface area contributed by atoms with Crippen molar-refractivity contribution in [3.63, 3.8) is 0 Å². The molecule has 0 heterocycles. The molecule has 0 bridgehead atoms. The van der Waals surface area contributed by atoms with Crippen molar-refractivity contribution >= 4 is 35.6 Å². The molecule has 0 aliphatic carbocycles. The van der Waals surface area contributed by atoms with Crippen LogP contribution in [0.5, 0.6) is 0 Å². The van der Waals surface area contributed by atoms with Gasteiger partial charge in [-0.2, -0.15) is 0 Å². The van der Waals surface area contributed by atoms with Gasteiger partial charge in [-0.3, -0.25) is 24.0 Å². The molecule has 0 aliphatic heterocycles. The minimum absolute atomic E-state index is 0.0497. The largest absolute Gasteiger partial charge is 0.481 e. The first-order chi connectivity index (χ1) is 24.7. The Labute approximate surface area is 329 Å². The fourth-order valence-corrected chi connectivity index (χ4v) is 2.66. The maximum absolute atomic E-state index is 10.9. The Balaban J connectivity index is -0.000000128. The van der Waals surface area contributed by atoms with Crippen LogP contribution in [0, 0.1) is 35.5 Å². The molecule has 0 unspecified atom stereocenters. The van der Waals surface area contributed by atoms with E-state index in [4.69, 9.17) is 21.3 Å². The van der Waals surface area contributed by atoms with Gasteiger partial charge in [-0.1, -0.05) is 101 Å². The molecule has 0 aliphatic rings. The Hall–Kier alpha value is -3.96. The number of hydrogen-bond donors (Lipinski definition) is 3. The second-order valence-electron chi connectivity index (χ2n) is 14.7. The van der Waals surface area contributed by atoms with Crippen molar-refractivity contribution in [3.8, 4) is 0 Å². The Bertz CT molecular complexity index is 1020. The molecule has 0 aromatic rings.